The lowest BCUT2D eigenvalue weighted by Gasteiger charge is -2.15. The molecule has 1 heterocycles. The first kappa shape index (κ1) is 23.3. The van der Waals surface area contributed by atoms with Gasteiger partial charge in [0.1, 0.15) is 11.6 Å². The predicted octanol–water partition coefficient (Wildman–Crippen LogP) is 5.68. The van der Waals surface area contributed by atoms with Gasteiger partial charge >= 0.3 is 0 Å². The van der Waals surface area contributed by atoms with E-state index in [-0.39, 0.29) is 5.56 Å². The van der Waals surface area contributed by atoms with Crippen LogP contribution in [0.4, 0.5) is 4.39 Å². The summed E-state index contributed by atoms with van der Waals surface area (Å²) >= 11 is 6.14. The molecule has 174 valence electrons. The van der Waals surface area contributed by atoms with Crippen LogP contribution in [0.5, 0.6) is 17.2 Å². The fourth-order valence-electron chi connectivity index (χ4n) is 3.71. The molecule has 0 aliphatic carbocycles. The van der Waals surface area contributed by atoms with Gasteiger partial charge in [0, 0.05) is 5.02 Å². The van der Waals surface area contributed by atoms with Crippen molar-refractivity contribution in [3.8, 4) is 22.9 Å². The smallest absolute Gasteiger partial charge is 0.266 e. The zero-order valence-corrected chi connectivity index (χ0v) is 19.8. The molecule has 0 N–H and O–H groups in total. The number of benzene rings is 3. The highest BCUT2D eigenvalue weighted by Gasteiger charge is 2.15. The fraction of sp³-hybridized carbons (Fsp3) is 0.154. The summed E-state index contributed by atoms with van der Waals surface area (Å²) in [6, 6.07) is 12.7. The molecule has 0 amide bonds. The molecule has 34 heavy (non-hydrogen) atoms. The van der Waals surface area contributed by atoms with Gasteiger partial charge in [-0.25, -0.2) is 9.37 Å². The number of rotatable bonds is 6. The summed E-state index contributed by atoms with van der Waals surface area (Å²) in [4.78, 5) is 18.1. The molecule has 4 rings (SSSR count). The number of hydrogen-bond donors (Lipinski definition) is 0. The van der Waals surface area contributed by atoms with Crippen molar-refractivity contribution in [3.63, 3.8) is 0 Å². The molecule has 4 aromatic rings. The van der Waals surface area contributed by atoms with E-state index in [1.165, 1.54) is 38.0 Å². The molecular weight excluding hydrogens is 459 g/mol. The van der Waals surface area contributed by atoms with E-state index in [4.69, 9.17) is 25.8 Å². The maximum absolute atomic E-state index is 14.1. The van der Waals surface area contributed by atoms with Crippen LogP contribution < -0.4 is 19.8 Å². The van der Waals surface area contributed by atoms with E-state index in [0.717, 1.165) is 11.1 Å². The van der Waals surface area contributed by atoms with Crippen LogP contribution in [0, 0.1) is 12.7 Å². The number of hydrogen-bond acceptors (Lipinski definition) is 5. The summed E-state index contributed by atoms with van der Waals surface area (Å²) in [7, 11) is 4.59. The van der Waals surface area contributed by atoms with E-state index < -0.39 is 5.82 Å². The van der Waals surface area contributed by atoms with Gasteiger partial charge in [0.15, 0.2) is 11.5 Å². The molecule has 0 spiro atoms. The first-order chi connectivity index (χ1) is 16.4. The normalized spacial score (nSPS) is 11.2. The minimum Gasteiger partial charge on any atom is -0.493 e. The van der Waals surface area contributed by atoms with Crippen LogP contribution in [0.1, 0.15) is 17.0 Å². The Bertz CT molecular complexity index is 1460. The minimum atomic E-state index is -0.455. The van der Waals surface area contributed by atoms with Crippen LogP contribution in [-0.4, -0.2) is 30.9 Å². The Kier molecular flexibility index (Phi) is 6.56. The van der Waals surface area contributed by atoms with Crippen molar-refractivity contribution < 1.29 is 18.6 Å². The summed E-state index contributed by atoms with van der Waals surface area (Å²) in [6.07, 6.45) is 3.43. The Hall–Kier alpha value is -3.84. The summed E-state index contributed by atoms with van der Waals surface area (Å²) < 4.78 is 31.7. The van der Waals surface area contributed by atoms with Gasteiger partial charge in [-0.05, 0) is 66.6 Å². The van der Waals surface area contributed by atoms with Crippen molar-refractivity contribution >= 4 is 34.7 Å². The van der Waals surface area contributed by atoms with Crippen molar-refractivity contribution in [1.29, 1.82) is 0 Å². The number of ether oxygens (including phenoxy) is 3. The quantitative estimate of drug-likeness (QED) is 0.355. The van der Waals surface area contributed by atoms with Gasteiger partial charge in [0.25, 0.3) is 5.56 Å². The number of halogens is 2. The Labute approximate surface area is 200 Å². The molecule has 0 radical (unpaired) electrons. The summed E-state index contributed by atoms with van der Waals surface area (Å²) in [5.74, 6) is 1.29. The van der Waals surface area contributed by atoms with E-state index in [1.54, 1.807) is 55.5 Å². The van der Waals surface area contributed by atoms with Crippen molar-refractivity contribution in [1.82, 2.24) is 9.55 Å². The topological polar surface area (TPSA) is 62.6 Å². The molecule has 1 aromatic heterocycles. The van der Waals surface area contributed by atoms with E-state index in [2.05, 4.69) is 4.98 Å². The number of aromatic nitrogens is 2. The van der Waals surface area contributed by atoms with Crippen molar-refractivity contribution in [2.24, 2.45) is 0 Å². The highest BCUT2D eigenvalue weighted by atomic mass is 35.5. The number of methoxy groups -OCH3 is 3. The molecule has 0 aliphatic rings. The zero-order chi connectivity index (χ0) is 24.4. The Balaban J connectivity index is 1.96. The number of nitrogens with zero attached hydrogens (tertiary/aromatic N) is 2. The molecule has 0 atom stereocenters. The molecule has 0 saturated carbocycles. The lowest BCUT2D eigenvalue weighted by molar-refractivity contribution is 0.324. The second kappa shape index (κ2) is 9.57. The van der Waals surface area contributed by atoms with Crippen LogP contribution in [0.2, 0.25) is 5.02 Å². The van der Waals surface area contributed by atoms with Crippen molar-refractivity contribution in [2.45, 2.75) is 6.92 Å². The molecule has 0 fully saturated rings. The van der Waals surface area contributed by atoms with Crippen LogP contribution >= 0.6 is 11.6 Å². The van der Waals surface area contributed by atoms with Crippen molar-refractivity contribution in [3.05, 3.63) is 86.7 Å². The first-order valence-corrected chi connectivity index (χ1v) is 10.7. The van der Waals surface area contributed by atoms with Gasteiger partial charge in [-0.3, -0.25) is 9.36 Å². The molecule has 6 nitrogen and oxygen atoms in total. The van der Waals surface area contributed by atoms with Crippen LogP contribution in [0.15, 0.2) is 53.3 Å². The number of aryl methyl sites for hydroxylation is 1. The van der Waals surface area contributed by atoms with Crippen molar-refractivity contribution in [2.75, 3.05) is 21.3 Å². The molecule has 0 bridgehead atoms. The number of fused-ring (bicyclic) bond motifs is 1. The SMILES string of the molecule is COc1cc(/C=C/c2nc3cc(Cl)ccc3c(=O)n2-c2cc(F)ccc2C)cc(OC)c1OC. The van der Waals surface area contributed by atoms with Gasteiger partial charge in [0.05, 0.1) is 37.9 Å². The third-order valence-corrected chi connectivity index (χ3v) is 5.62. The largest absolute Gasteiger partial charge is 0.493 e. The highest BCUT2D eigenvalue weighted by Crippen LogP contribution is 2.38. The van der Waals surface area contributed by atoms with Gasteiger partial charge in [-0.15, -0.1) is 0 Å². The molecule has 0 aliphatic heterocycles. The summed E-state index contributed by atoms with van der Waals surface area (Å²) in [5.41, 5.74) is 1.95. The lowest BCUT2D eigenvalue weighted by atomic mass is 10.1. The first-order valence-electron chi connectivity index (χ1n) is 10.3. The fourth-order valence-corrected chi connectivity index (χ4v) is 3.88. The highest BCUT2D eigenvalue weighted by molar-refractivity contribution is 6.31. The summed E-state index contributed by atoms with van der Waals surface area (Å²) in [6.45, 7) is 1.81. The monoisotopic (exact) mass is 480 g/mol. The summed E-state index contributed by atoms with van der Waals surface area (Å²) in [5, 5.41) is 0.830. The Morgan fingerprint density at radius 3 is 2.29 bits per heavy atom. The maximum Gasteiger partial charge on any atom is 0.266 e. The van der Waals surface area contributed by atoms with E-state index in [9.17, 15) is 9.18 Å². The van der Waals surface area contributed by atoms with Gasteiger partial charge in [-0.2, -0.15) is 0 Å². The Morgan fingerprint density at radius 2 is 1.65 bits per heavy atom. The third kappa shape index (κ3) is 4.34. The third-order valence-electron chi connectivity index (χ3n) is 5.38. The average molecular weight is 481 g/mol. The van der Waals surface area contributed by atoms with E-state index >= 15 is 0 Å². The lowest BCUT2D eigenvalue weighted by Crippen LogP contribution is -2.23. The predicted molar refractivity (Wildman–Crippen MR) is 132 cm³/mol. The van der Waals surface area contributed by atoms with Gasteiger partial charge < -0.3 is 14.2 Å². The maximum atomic E-state index is 14.1. The average Bonchev–Trinajstić information content (AvgIpc) is 2.83. The van der Waals surface area contributed by atoms with Crippen LogP contribution in [-0.2, 0) is 0 Å². The molecule has 8 heteroatoms. The molecule has 0 saturated heterocycles. The van der Waals surface area contributed by atoms with Gasteiger partial charge in [-0.1, -0.05) is 23.7 Å². The van der Waals surface area contributed by atoms with Gasteiger partial charge in [0.2, 0.25) is 5.75 Å². The zero-order valence-electron chi connectivity index (χ0n) is 19.1. The van der Waals surface area contributed by atoms with E-state index in [1.807, 2.05) is 0 Å². The molecule has 3 aromatic carbocycles. The standard InChI is InChI=1S/C26H22ClFN2O4/c1-15-5-8-18(28)14-21(15)30-24(29-20-13-17(27)7-9-19(20)26(30)31)10-6-16-11-22(32-2)25(34-4)23(12-16)33-3/h5-14H,1-4H3/b10-6+. The van der Waals surface area contributed by atoms with E-state index in [0.29, 0.717) is 44.7 Å². The minimum absolute atomic E-state index is 0.308. The Morgan fingerprint density at radius 1 is 0.941 bits per heavy atom. The second-order valence-corrected chi connectivity index (χ2v) is 7.93. The molecular formula is C26H22ClFN2O4. The molecule has 0 unspecified atom stereocenters. The second-order valence-electron chi connectivity index (χ2n) is 7.49. The van der Waals surface area contributed by atoms with Crippen LogP contribution in [0.3, 0.4) is 0 Å². The van der Waals surface area contributed by atoms with Crippen LogP contribution in [0.25, 0.3) is 28.7 Å².